The van der Waals surface area contributed by atoms with Crippen molar-refractivity contribution in [1.29, 1.82) is 0 Å². The Morgan fingerprint density at radius 2 is 2.36 bits per heavy atom. The van der Waals surface area contributed by atoms with Gasteiger partial charge in [0.05, 0.1) is 0 Å². The molecule has 4 nitrogen and oxygen atoms in total. The lowest BCUT2D eigenvalue weighted by molar-refractivity contribution is 0.916. The highest BCUT2D eigenvalue weighted by Crippen LogP contribution is 2.18. The van der Waals surface area contributed by atoms with E-state index >= 15 is 0 Å². The Balaban J connectivity index is 1.92. The molecule has 0 aromatic carbocycles. The molecule has 1 aromatic heterocycles. The van der Waals surface area contributed by atoms with Crippen molar-refractivity contribution >= 4 is 23.3 Å². The van der Waals surface area contributed by atoms with Crippen molar-refractivity contribution in [2.45, 2.75) is 25.8 Å². The quantitative estimate of drug-likeness (QED) is 0.716. The van der Waals surface area contributed by atoms with Gasteiger partial charge in [-0.2, -0.15) is 0 Å². The fraction of sp³-hybridized carbons (Fsp3) is 0.444. The maximum Gasteiger partial charge on any atom is 0.229 e. The molecule has 0 unspecified atom stereocenters. The molecular weight excluding hydrogens is 196 g/mol. The molecule has 14 heavy (non-hydrogen) atoms. The van der Waals surface area contributed by atoms with Gasteiger partial charge < -0.3 is 10.6 Å². The molecule has 0 spiro atoms. The lowest BCUT2D eigenvalue weighted by Crippen LogP contribution is -2.30. The van der Waals surface area contributed by atoms with Crippen LogP contribution in [0.1, 0.15) is 18.5 Å². The predicted molar refractivity (Wildman–Crippen MR) is 59.1 cm³/mol. The molecule has 1 aliphatic carbocycles. The summed E-state index contributed by atoms with van der Waals surface area (Å²) in [5.41, 5.74) is 0.928. The summed E-state index contributed by atoms with van der Waals surface area (Å²) in [6.07, 6.45) is 4.12. The maximum atomic E-state index is 5.09. The van der Waals surface area contributed by atoms with Gasteiger partial charge in [-0.1, -0.05) is 0 Å². The Morgan fingerprint density at radius 1 is 1.57 bits per heavy atom. The van der Waals surface area contributed by atoms with Gasteiger partial charge in [0.15, 0.2) is 5.11 Å². The summed E-state index contributed by atoms with van der Waals surface area (Å²) >= 11 is 5.09. The zero-order chi connectivity index (χ0) is 9.97. The average Bonchev–Trinajstić information content (AvgIpc) is 2.87. The lowest BCUT2D eigenvalue weighted by Gasteiger charge is -2.07. The standard InChI is InChI=1S/C9H12N4S/c1-6-4-5-10-8(11-6)13-9(14)12-7-2-3-7/h4-5,7H,2-3H2,1H3,(H2,10,11,12,13,14). The number of aryl methyl sites for hydroxylation is 1. The number of hydrogen-bond acceptors (Lipinski definition) is 3. The number of aromatic nitrogens is 2. The van der Waals surface area contributed by atoms with E-state index in [0.29, 0.717) is 17.1 Å². The first-order valence-electron chi connectivity index (χ1n) is 4.61. The first-order chi connectivity index (χ1) is 6.74. The number of nitrogens with one attached hydrogen (secondary N) is 2. The minimum absolute atomic E-state index is 0.555. The second kappa shape index (κ2) is 3.88. The summed E-state index contributed by atoms with van der Waals surface area (Å²) in [4.78, 5) is 8.25. The zero-order valence-corrected chi connectivity index (χ0v) is 8.77. The zero-order valence-electron chi connectivity index (χ0n) is 7.95. The molecule has 0 radical (unpaired) electrons. The van der Waals surface area contributed by atoms with Gasteiger partial charge in [-0.25, -0.2) is 9.97 Å². The number of anilines is 1. The molecule has 5 heteroatoms. The summed E-state index contributed by atoms with van der Waals surface area (Å²) < 4.78 is 0. The lowest BCUT2D eigenvalue weighted by atomic mass is 10.5. The summed E-state index contributed by atoms with van der Waals surface area (Å²) in [6, 6.07) is 2.41. The van der Waals surface area contributed by atoms with Gasteiger partial charge in [0.2, 0.25) is 5.95 Å². The van der Waals surface area contributed by atoms with E-state index < -0.39 is 0 Å². The van der Waals surface area contributed by atoms with Gasteiger partial charge >= 0.3 is 0 Å². The normalized spacial score (nSPS) is 14.9. The monoisotopic (exact) mass is 208 g/mol. The van der Waals surface area contributed by atoms with Crippen LogP contribution in [0, 0.1) is 6.92 Å². The molecule has 1 heterocycles. The molecule has 1 aromatic rings. The van der Waals surface area contributed by atoms with E-state index in [2.05, 4.69) is 20.6 Å². The van der Waals surface area contributed by atoms with E-state index in [0.717, 1.165) is 5.69 Å². The van der Waals surface area contributed by atoms with Gasteiger partial charge in [-0.3, -0.25) is 0 Å². The molecule has 2 N–H and O–H groups in total. The number of nitrogens with zero attached hydrogens (tertiary/aromatic N) is 2. The Morgan fingerprint density at radius 3 is 3.00 bits per heavy atom. The van der Waals surface area contributed by atoms with Crippen LogP contribution in [0.25, 0.3) is 0 Å². The second-order valence-corrected chi connectivity index (χ2v) is 3.80. The van der Waals surface area contributed by atoms with Gasteiger partial charge in [-0.15, -0.1) is 0 Å². The summed E-state index contributed by atoms with van der Waals surface area (Å²) in [7, 11) is 0. The van der Waals surface area contributed by atoms with E-state index in [-0.39, 0.29) is 0 Å². The van der Waals surface area contributed by atoms with Crippen molar-refractivity contribution < 1.29 is 0 Å². The van der Waals surface area contributed by atoms with Crippen LogP contribution in [0.5, 0.6) is 0 Å². The van der Waals surface area contributed by atoms with Crippen molar-refractivity contribution in [3.8, 4) is 0 Å². The highest BCUT2D eigenvalue weighted by molar-refractivity contribution is 7.80. The third-order valence-corrected chi connectivity index (χ3v) is 2.15. The van der Waals surface area contributed by atoms with Crippen LogP contribution in [-0.4, -0.2) is 21.1 Å². The molecule has 2 rings (SSSR count). The Kier molecular flexibility index (Phi) is 2.58. The van der Waals surface area contributed by atoms with E-state index in [1.807, 2.05) is 13.0 Å². The minimum Gasteiger partial charge on any atom is -0.360 e. The summed E-state index contributed by atoms with van der Waals surface area (Å²) in [6.45, 7) is 1.92. The topological polar surface area (TPSA) is 49.8 Å². The van der Waals surface area contributed by atoms with Gasteiger partial charge in [0.25, 0.3) is 0 Å². The molecule has 0 bridgehead atoms. The van der Waals surface area contributed by atoms with Gasteiger partial charge in [-0.05, 0) is 38.0 Å². The fourth-order valence-electron chi connectivity index (χ4n) is 1.06. The largest absolute Gasteiger partial charge is 0.360 e. The number of thiocarbonyl (C=S) groups is 1. The first kappa shape index (κ1) is 9.33. The van der Waals surface area contributed by atoms with Crippen LogP contribution in [0.3, 0.4) is 0 Å². The van der Waals surface area contributed by atoms with Crippen LogP contribution in [0.15, 0.2) is 12.3 Å². The minimum atomic E-state index is 0.555. The van der Waals surface area contributed by atoms with E-state index in [1.165, 1.54) is 12.8 Å². The fourth-order valence-corrected chi connectivity index (χ4v) is 1.32. The third kappa shape index (κ3) is 2.63. The smallest absolute Gasteiger partial charge is 0.229 e. The Bertz CT molecular complexity index is 348. The molecule has 0 amide bonds. The Hall–Kier alpha value is -1.23. The van der Waals surface area contributed by atoms with Crippen LogP contribution < -0.4 is 10.6 Å². The maximum absolute atomic E-state index is 5.09. The first-order valence-corrected chi connectivity index (χ1v) is 5.02. The van der Waals surface area contributed by atoms with Crippen molar-refractivity contribution in [2.75, 3.05) is 5.32 Å². The third-order valence-electron chi connectivity index (χ3n) is 1.93. The van der Waals surface area contributed by atoms with Gasteiger partial charge in [0.1, 0.15) is 0 Å². The molecular formula is C9H12N4S. The van der Waals surface area contributed by atoms with Crippen LogP contribution in [0.2, 0.25) is 0 Å². The van der Waals surface area contributed by atoms with Crippen LogP contribution >= 0.6 is 12.2 Å². The van der Waals surface area contributed by atoms with Gasteiger partial charge in [0, 0.05) is 17.9 Å². The molecule has 0 aliphatic heterocycles. The van der Waals surface area contributed by atoms with Crippen molar-refractivity contribution in [1.82, 2.24) is 15.3 Å². The molecule has 1 aliphatic rings. The van der Waals surface area contributed by atoms with E-state index in [4.69, 9.17) is 12.2 Å². The van der Waals surface area contributed by atoms with Crippen molar-refractivity contribution in [3.63, 3.8) is 0 Å². The summed E-state index contributed by atoms with van der Waals surface area (Å²) in [5.74, 6) is 0.558. The highest BCUT2D eigenvalue weighted by atomic mass is 32.1. The molecule has 74 valence electrons. The molecule has 0 saturated heterocycles. The van der Waals surface area contributed by atoms with Crippen LogP contribution in [-0.2, 0) is 0 Å². The van der Waals surface area contributed by atoms with Crippen molar-refractivity contribution in [2.24, 2.45) is 0 Å². The van der Waals surface area contributed by atoms with Crippen LogP contribution in [0.4, 0.5) is 5.95 Å². The average molecular weight is 208 g/mol. The SMILES string of the molecule is Cc1ccnc(NC(=S)NC2CC2)n1. The number of hydrogen-bond donors (Lipinski definition) is 2. The van der Waals surface area contributed by atoms with E-state index in [1.54, 1.807) is 6.20 Å². The predicted octanol–water partition coefficient (Wildman–Crippen LogP) is 1.23. The molecule has 1 fully saturated rings. The molecule has 0 atom stereocenters. The number of rotatable bonds is 2. The summed E-state index contributed by atoms with van der Waals surface area (Å²) in [5, 5.41) is 6.72. The molecule has 1 saturated carbocycles. The van der Waals surface area contributed by atoms with Crippen molar-refractivity contribution in [3.05, 3.63) is 18.0 Å². The highest BCUT2D eigenvalue weighted by Gasteiger charge is 2.21. The van der Waals surface area contributed by atoms with E-state index in [9.17, 15) is 0 Å². The Labute approximate surface area is 88.1 Å². The second-order valence-electron chi connectivity index (χ2n) is 3.39.